The molecule has 1 heterocycles. The van der Waals surface area contributed by atoms with Crippen LogP contribution in [0.2, 0.25) is 0 Å². The lowest BCUT2D eigenvalue weighted by molar-refractivity contribution is 0.509. The summed E-state index contributed by atoms with van der Waals surface area (Å²) >= 11 is 1.35. The van der Waals surface area contributed by atoms with Crippen molar-refractivity contribution in [2.24, 2.45) is 5.84 Å². The molecule has 0 fully saturated rings. The zero-order chi connectivity index (χ0) is 13.3. The Labute approximate surface area is 108 Å². The van der Waals surface area contributed by atoms with Crippen LogP contribution >= 0.6 is 11.3 Å². The molecule has 6 heteroatoms. The Balaban J connectivity index is 2.55. The first kappa shape index (κ1) is 13.1. The normalized spacial score (nSPS) is 12.7. The Hall–Kier alpha value is -1.37. The van der Waals surface area contributed by atoms with E-state index < -0.39 is 17.7 Å². The maximum absolute atomic E-state index is 14.0. The van der Waals surface area contributed by atoms with Gasteiger partial charge in [0.15, 0.2) is 0 Å². The van der Waals surface area contributed by atoms with Gasteiger partial charge in [-0.25, -0.2) is 19.2 Å². The van der Waals surface area contributed by atoms with Gasteiger partial charge in [-0.3, -0.25) is 5.84 Å². The van der Waals surface area contributed by atoms with Gasteiger partial charge in [0.05, 0.1) is 11.0 Å². The number of nitrogens with two attached hydrogens (primary N) is 1. The maximum atomic E-state index is 14.0. The summed E-state index contributed by atoms with van der Waals surface area (Å²) in [7, 11) is 0. The van der Waals surface area contributed by atoms with E-state index in [0.717, 1.165) is 5.01 Å². The monoisotopic (exact) mass is 269 g/mol. The number of nitrogens with zero attached hydrogens (tertiary/aromatic N) is 1. The largest absolute Gasteiger partial charge is 0.271 e. The van der Waals surface area contributed by atoms with Gasteiger partial charge in [-0.1, -0.05) is 6.07 Å². The molecule has 0 bridgehead atoms. The summed E-state index contributed by atoms with van der Waals surface area (Å²) in [5.74, 6) is 4.23. The number of hydrazine groups is 1. The van der Waals surface area contributed by atoms with E-state index in [1.807, 2.05) is 6.92 Å². The van der Waals surface area contributed by atoms with E-state index in [1.165, 1.54) is 23.5 Å². The van der Waals surface area contributed by atoms with Gasteiger partial charge in [0, 0.05) is 16.6 Å². The molecule has 1 aromatic carbocycles. The van der Waals surface area contributed by atoms with Gasteiger partial charge in [-0.05, 0) is 25.5 Å². The summed E-state index contributed by atoms with van der Waals surface area (Å²) in [6, 6.07) is 1.92. The minimum Gasteiger partial charge on any atom is -0.271 e. The number of hydrogen-bond acceptors (Lipinski definition) is 4. The zero-order valence-electron chi connectivity index (χ0n) is 10.00. The summed E-state index contributed by atoms with van der Waals surface area (Å²) in [5.41, 5.74) is 2.76. The molecule has 2 aromatic rings. The third-order valence-electron chi connectivity index (χ3n) is 2.70. The van der Waals surface area contributed by atoms with Crippen LogP contribution in [-0.4, -0.2) is 4.98 Å². The second-order valence-electron chi connectivity index (χ2n) is 3.97. The second-order valence-corrected chi connectivity index (χ2v) is 5.24. The molecule has 1 atom stereocenters. The molecule has 0 aliphatic rings. The number of hydrogen-bond donors (Lipinski definition) is 2. The molecular formula is C12H13F2N3S. The number of thiazole rings is 1. The molecule has 3 nitrogen and oxygen atoms in total. The molecule has 3 N–H and O–H groups in total. The van der Waals surface area contributed by atoms with Gasteiger partial charge in [0.25, 0.3) is 0 Å². The SMILES string of the molecule is Cc1ncc(C(NN)c2c(F)ccc(C)c2F)s1. The number of nitrogens with one attached hydrogen (secondary N) is 1. The molecule has 1 aromatic heterocycles. The van der Waals surface area contributed by atoms with Crippen molar-refractivity contribution in [3.8, 4) is 0 Å². The van der Waals surface area contributed by atoms with Gasteiger partial charge < -0.3 is 0 Å². The van der Waals surface area contributed by atoms with Gasteiger partial charge in [0.1, 0.15) is 11.6 Å². The van der Waals surface area contributed by atoms with Crippen LogP contribution in [0, 0.1) is 25.5 Å². The van der Waals surface area contributed by atoms with E-state index in [4.69, 9.17) is 5.84 Å². The van der Waals surface area contributed by atoms with Gasteiger partial charge in [-0.15, -0.1) is 11.3 Å². The number of halogens is 2. The summed E-state index contributed by atoms with van der Waals surface area (Å²) in [5, 5.41) is 0.818. The Bertz CT molecular complexity index is 568. The minimum absolute atomic E-state index is 0.0684. The molecule has 0 spiro atoms. The molecule has 0 amide bonds. The van der Waals surface area contributed by atoms with Crippen molar-refractivity contribution in [1.82, 2.24) is 10.4 Å². The Morgan fingerprint density at radius 1 is 1.33 bits per heavy atom. The highest BCUT2D eigenvalue weighted by molar-refractivity contribution is 7.11. The zero-order valence-corrected chi connectivity index (χ0v) is 10.8. The fraction of sp³-hybridized carbons (Fsp3) is 0.250. The molecule has 0 aliphatic heterocycles. The summed E-state index contributed by atoms with van der Waals surface area (Å²) in [6.45, 7) is 3.41. The molecule has 1 unspecified atom stereocenters. The van der Waals surface area contributed by atoms with Gasteiger partial charge in [0.2, 0.25) is 0 Å². The lowest BCUT2D eigenvalue weighted by atomic mass is 10.0. The summed E-state index contributed by atoms with van der Waals surface area (Å²) in [6.07, 6.45) is 1.58. The summed E-state index contributed by atoms with van der Waals surface area (Å²) < 4.78 is 27.8. The first-order chi connectivity index (χ1) is 8.54. The smallest absolute Gasteiger partial charge is 0.134 e. The predicted molar refractivity (Wildman–Crippen MR) is 67.1 cm³/mol. The van der Waals surface area contributed by atoms with Crippen LogP contribution in [0.4, 0.5) is 8.78 Å². The number of aromatic nitrogens is 1. The highest BCUT2D eigenvalue weighted by atomic mass is 32.1. The van der Waals surface area contributed by atoms with Crippen LogP contribution in [0.5, 0.6) is 0 Å². The number of aryl methyl sites for hydroxylation is 2. The number of benzene rings is 1. The van der Waals surface area contributed by atoms with E-state index in [2.05, 4.69) is 10.4 Å². The summed E-state index contributed by atoms with van der Waals surface area (Å²) in [4.78, 5) is 4.75. The standard InChI is InChI=1S/C12H13F2N3S/c1-6-3-4-8(13)10(11(6)14)12(17-15)9-5-16-7(2)18-9/h3-5,12,17H,15H2,1-2H3. The molecular weight excluding hydrogens is 256 g/mol. The lowest BCUT2D eigenvalue weighted by Crippen LogP contribution is -2.30. The molecule has 0 radical (unpaired) electrons. The van der Waals surface area contributed by atoms with Crippen LogP contribution in [0.15, 0.2) is 18.3 Å². The van der Waals surface area contributed by atoms with Crippen molar-refractivity contribution < 1.29 is 8.78 Å². The highest BCUT2D eigenvalue weighted by Crippen LogP contribution is 2.30. The fourth-order valence-corrected chi connectivity index (χ4v) is 2.62. The third-order valence-corrected chi connectivity index (χ3v) is 3.68. The highest BCUT2D eigenvalue weighted by Gasteiger charge is 2.23. The molecule has 0 saturated heterocycles. The van der Waals surface area contributed by atoms with Crippen LogP contribution in [0.25, 0.3) is 0 Å². The van der Waals surface area contributed by atoms with Gasteiger partial charge in [-0.2, -0.15) is 0 Å². The Morgan fingerprint density at radius 3 is 2.61 bits per heavy atom. The minimum atomic E-state index is -0.726. The van der Waals surface area contributed by atoms with Crippen molar-refractivity contribution >= 4 is 11.3 Å². The third kappa shape index (κ3) is 2.27. The van der Waals surface area contributed by atoms with Crippen LogP contribution < -0.4 is 11.3 Å². The molecule has 0 saturated carbocycles. The number of rotatable bonds is 3. The molecule has 96 valence electrons. The quantitative estimate of drug-likeness (QED) is 0.665. The van der Waals surface area contributed by atoms with Crippen molar-refractivity contribution in [2.45, 2.75) is 19.9 Å². The van der Waals surface area contributed by atoms with Crippen molar-refractivity contribution in [1.29, 1.82) is 0 Å². The maximum Gasteiger partial charge on any atom is 0.134 e. The molecule has 18 heavy (non-hydrogen) atoms. The van der Waals surface area contributed by atoms with E-state index in [0.29, 0.717) is 10.4 Å². The van der Waals surface area contributed by atoms with Crippen LogP contribution in [0.3, 0.4) is 0 Å². The average Bonchev–Trinajstić information content (AvgIpc) is 2.76. The predicted octanol–water partition coefficient (Wildman–Crippen LogP) is 2.59. The second kappa shape index (κ2) is 5.09. The van der Waals surface area contributed by atoms with Crippen LogP contribution in [-0.2, 0) is 0 Å². The molecule has 2 rings (SSSR count). The van der Waals surface area contributed by atoms with E-state index >= 15 is 0 Å². The topological polar surface area (TPSA) is 50.9 Å². The lowest BCUT2D eigenvalue weighted by Gasteiger charge is -2.17. The van der Waals surface area contributed by atoms with E-state index in [9.17, 15) is 8.78 Å². The Morgan fingerprint density at radius 2 is 2.06 bits per heavy atom. The first-order valence-corrected chi connectivity index (χ1v) is 6.19. The van der Waals surface area contributed by atoms with Crippen LogP contribution in [0.1, 0.15) is 27.1 Å². The average molecular weight is 269 g/mol. The van der Waals surface area contributed by atoms with Gasteiger partial charge >= 0.3 is 0 Å². The van der Waals surface area contributed by atoms with Crippen molar-refractivity contribution in [2.75, 3.05) is 0 Å². The van der Waals surface area contributed by atoms with Crippen molar-refractivity contribution in [3.05, 3.63) is 51.0 Å². The molecule has 0 aliphatic carbocycles. The fourth-order valence-electron chi connectivity index (χ4n) is 1.76. The van der Waals surface area contributed by atoms with E-state index in [1.54, 1.807) is 13.1 Å². The Kier molecular flexibility index (Phi) is 3.70. The van der Waals surface area contributed by atoms with E-state index in [-0.39, 0.29) is 5.56 Å². The van der Waals surface area contributed by atoms with Crippen molar-refractivity contribution in [3.63, 3.8) is 0 Å². The first-order valence-electron chi connectivity index (χ1n) is 5.37.